The summed E-state index contributed by atoms with van der Waals surface area (Å²) in [5, 5.41) is 9.85. The van der Waals surface area contributed by atoms with Crippen molar-refractivity contribution < 1.29 is 9.15 Å². The minimum atomic E-state index is 0.466. The molecule has 0 aliphatic heterocycles. The van der Waals surface area contributed by atoms with Gasteiger partial charge >= 0.3 is 0 Å². The molecule has 0 fully saturated rings. The molecule has 4 aromatic heterocycles. The second-order valence-electron chi connectivity index (χ2n) is 6.07. The van der Waals surface area contributed by atoms with Gasteiger partial charge in [0.25, 0.3) is 5.19 Å². The van der Waals surface area contributed by atoms with Gasteiger partial charge in [0, 0.05) is 16.6 Å². The van der Waals surface area contributed by atoms with Gasteiger partial charge in [-0.15, -0.1) is 11.3 Å². The number of pyridine rings is 1. The summed E-state index contributed by atoms with van der Waals surface area (Å²) >= 11 is 2.79. The zero-order valence-electron chi connectivity index (χ0n) is 13.6. The van der Waals surface area contributed by atoms with E-state index in [1.165, 1.54) is 35.4 Å². The molecule has 5 nitrogen and oxygen atoms in total. The number of nitrogens with zero attached hydrogens (tertiary/aromatic N) is 2. The van der Waals surface area contributed by atoms with Crippen LogP contribution in [0.25, 0.3) is 31.8 Å². The van der Waals surface area contributed by atoms with Gasteiger partial charge in [0.2, 0.25) is 0 Å². The molecule has 0 atom stereocenters. The van der Waals surface area contributed by atoms with Crippen molar-refractivity contribution in [2.45, 2.75) is 25.7 Å². The van der Waals surface area contributed by atoms with Crippen molar-refractivity contribution in [3.8, 4) is 16.5 Å². The molecule has 0 spiro atoms. The van der Waals surface area contributed by atoms with Crippen LogP contribution in [0, 0.1) is 5.41 Å². The second-order valence-corrected chi connectivity index (χ2v) is 8.03. The number of aryl methyl sites for hydroxylation is 1. The molecule has 7 heteroatoms. The molecule has 4 aromatic rings. The highest BCUT2D eigenvalue weighted by molar-refractivity contribution is 7.27. The van der Waals surface area contributed by atoms with Crippen molar-refractivity contribution in [1.29, 1.82) is 5.41 Å². The van der Waals surface area contributed by atoms with E-state index in [1.807, 2.05) is 12.1 Å². The van der Waals surface area contributed by atoms with Crippen molar-refractivity contribution in [3.63, 3.8) is 0 Å². The number of rotatable bonds is 2. The molecule has 0 amide bonds. The molecule has 5 rings (SSSR count). The fourth-order valence-corrected chi connectivity index (χ4v) is 5.38. The lowest BCUT2D eigenvalue weighted by Gasteiger charge is -2.18. The number of fused-ring (bicyclic) bond motifs is 4. The molecule has 0 aromatic carbocycles. The molecule has 0 bridgehead atoms. The minimum absolute atomic E-state index is 0.466. The summed E-state index contributed by atoms with van der Waals surface area (Å²) in [5.74, 6) is 0.852. The maximum atomic E-state index is 8.35. The van der Waals surface area contributed by atoms with E-state index in [9.17, 15) is 0 Å². The van der Waals surface area contributed by atoms with Gasteiger partial charge in [0.05, 0.1) is 23.6 Å². The quantitative estimate of drug-likeness (QED) is 0.563. The lowest BCUT2D eigenvalue weighted by Crippen LogP contribution is -2.07. The largest absolute Gasteiger partial charge is 0.473 e. The molecule has 25 heavy (non-hydrogen) atoms. The van der Waals surface area contributed by atoms with E-state index in [4.69, 9.17) is 19.5 Å². The Kier molecular flexibility index (Phi) is 3.39. The molecule has 0 saturated heterocycles. The zero-order chi connectivity index (χ0) is 17.0. The molecular weight excluding hydrogens is 354 g/mol. The predicted octanol–water partition coefficient (Wildman–Crippen LogP) is 4.53. The van der Waals surface area contributed by atoms with E-state index in [-0.39, 0.29) is 0 Å². The molecule has 126 valence electrons. The summed E-state index contributed by atoms with van der Waals surface area (Å²) in [6, 6.07) is 3.91. The van der Waals surface area contributed by atoms with Crippen molar-refractivity contribution in [3.05, 3.63) is 34.3 Å². The molecule has 1 aliphatic carbocycles. The Morgan fingerprint density at radius 1 is 1.20 bits per heavy atom. The summed E-state index contributed by atoms with van der Waals surface area (Å²) in [6.07, 6.45) is 6.05. The summed E-state index contributed by atoms with van der Waals surface area (Å²) in [6.45, 7) is 0. The molecule has 1 N–H and O–H groups in total. The highest BCUT2D eigenvalue weighted by atomic mass is 32.1. The Morgan fingerprint density at radius 2 is 2.08 bits per heavy atom. The zero-order valence-corrected chi connectivity index (χ0v) is 15.2. The van der Waals surface area contributed by atoms with Crippen LogP contribution < -0.4 is 9.41 Å². The maximum absolute atomic E-state index is 8.35. The van der Waals surface area contributed by atoms with E-state index in [1.54, 1.807) is 24.7 Å². The van der Waals surface area contributed by atoms with Gasteiger partial charge in [-0.3, -0.25) is 5.41 Å². The fraction of sp³-hybridized carbons (Fsp3) is 0.278. The highest BCUT2D eigenvalue weighted by Crippen LogP contribution is 2.42. The minimum Gasteiger partial charge on any atom is -0.473 e. The summed E-state index contributed by atoms with van der Waals surface area (Å²) in [4.78, 5) is 10.5. The van der Waals surface area contributed by atoms with Gasteiger partial charge in [-0.25, -0.2) is 9.97 Å². The van der Waals surface area contributed by atoms with Crippen molar-refractivity contribution in [2.24, 2.45) is 0 Å². The van der Waals surface area contributed by atoms with E-state index in [0.717, 1.165) is 44.6 Å². The van der Waals surface area contributed by atoms with Crippen LogP contribution in [0.15, 0.2) is 22.8 Å². The third-order valence-corrected chi connectivity index (χ3v) is 6.69. The highest BCUT2D eigenvalue weighted by Gasteiger charge is 2.24. The third kappa shape index (κ3) is 2.22. The number of furan rings is 1. The van der Waals surface area contributed by atoms with Gasteiger partial charge in [-0.1, -0.05) is 11.3 Å². The summed E-state index contributed by atoms with van der Waals surface area (Å²) in [5.41, 5.74) is 4.33. The number of methoxy groups -OCH3 is 1. The number of ether oxygens (including phenoxy) is 1. The van der Waals surface area contributed by atoms with Crippen molar-refractivity contribution in [2.75, 3.05) is 7.11 Å². The molecule has 0 radical (unpaired) electrons. The van der Waals surface area contributed by atoms with Gasteiger partial charge < -0.3 is 9.15 Å². The topological polar surface area (TPSA) is 72.0 Å². The number of thiophene rings is 1. The van der Waals surface area contributed by atoms with Crippen LogP contribution in [-0.2, 0) is 12.8 Å². The van der Waals surface area contributed by atoms with Gasteiger partial charge in [0.15, 0.2) is 0 Å². The monoisotopic (exact) mass is 369 g/mol. The Hall–Kier alpha value is -2.25. The van der Waals surface area contributed by atoms with Gasteiger partial charge in [-0.05, 0) is 43.4 Å². The average molecular weight is 369 g/mol. The summed E-state index contributed by atoms with van der Waals surface area (Å²) < 4.78 is 12.4. The first-order valence-corrected chi connectivity index (χ1v) is 9.81. The number of nitrogens with one attached hydrogen (secondary N) is 1. The molecule has 1 aliphatic rings. The first-order chi connectivity index (χ1) is 12.3. The maximum Gasteiger partial charge on any atom is 0.275 e. The van der Waals surface area contributed by atoms with Crippen LogP contribution in [0.1, 0.15) is 24.1 Å². The molecule has 4 heterocycles. The normalized spacial score (nSPS) is 14.1. The Bertz CT molecular complexity index is 1160. The second kappa shape index (κ2) is 5.64. The molecular formula is C18H15N3O2S2. The molecule has 0 unspecified atom stereocenters. The van der Waals surface area contributed by atoms with Crippen LogP contribution in [0.3, 0.4) is 0 Å². The fourth-order valence-electron chi connectivity index (χ4n) is 3.56. The van der Waals surface area contributed by atoms with Crippen molar-refractivity contribution in [1.82, 2.24) is 9.97 Å². The van der Waals surface area contributed by atoms with Crippen molar-refractivity contribution >= 4 is 43.1 Å². The first-order valence-electron chi connectivity index (χ1n) is 8.18. The smallest absolute Gasteiger partial charge is 0.275 e. The Balaban J connectivity index is 2.00. The predicted molar refractivity (Wildman–Crippen MR) is 99.5 cm³/mol. The third-order valence-electron chi connectivity index (χ3n) is 4.63. The van der Waals surface area contributed by atoms with E-state index < -0.39 is 0 Å². The van der Waals surface area contributed by atoms with Crippen LogP contribution in [0.2, 0.25) is 0 Å². The van der Waals surface area contributed by atoms with E-state index in [2.05, 4.69) is 4.98 Å². The van der Waals surface area contributed by atoms with Crippen LogP contribution in [0.4, 0.5) is 0 Å². The van der Waals surface area contributed by atoms with Crippen LogP contribution in [0.5, 0.6) is 5.19 Å². The summed E-state index contributed by atoms with van der Waals surface area (Å²) in [7, 11) is 1.59. The number of hydrogen-bond donors (Lipinski definition) is 1. The first kappa shape index (κ1) is 15.0. The van der Waals surface area contributed by atoms with Gasteiger partial charge in [-0.2, -0.15) is 0 Å². The van der Waals surface area contributed by atoms with E-state index in [0.29, 0.717) is 9.86 Å². The van der Waals surface area contributed by atoms with E-state index >= 15 is 0 Å². The number of aromatic nitrogens is 2. The number of hydrogen-bond acceptors (Lipinski definition) is 7. The standard InChI is InChI=1S/C18H15N3O2S2/c1-22-18-21-14-13-12(11-7-4-8-23-11)9-5-2-3-6-10(9)20-17(13)24-15(14)16(19)25-18/h4,7-8,19H,2-3,5-6H2,1H3. The van der Waals surface area contributed by atoms with Crippen LogP contribution >= 0.6 is 22.7 Å². The SMILES string of the molecule is COc1nc2c(sc3nc4c(c(-c5ccco5)c32)CCCC4)c(=N)s1. The Labute approximate surface area is 151 Å². The van der Waals surface area contributed by atoms with Gasteiger partial charge in [0.1, 0.15) is 15.3 Å². The van der Waals surface area contributed by atoms with Crippen LogP contribution in [-0.4, -0.2) is 17.1 Å². The Morgan fingerprint density at radius 3 is 2.88 bits per heavy atom. The molecule has 0 saturated carbocycles. The lowest BCUT2D eigenvalue weighted by atomic mass is 9.90. The lowest BCUT2D eigenvalue weighted by molar-refractivity contribution is 0.412. The average Bonchev–Trinajstić information content (AvgIpc) is 3.28.